The topological polar surface area (TPSA) is 60.3 Å². The van der Waals surface area contributed by atoms with Crippen molar-refractivity contribution in [2.45, 2.75) is 32.6 Å². The standard InChI is InChI=1S/C23H25Cl4NO4/c1-2-3-8-21(28-29)16-6-4-7-17(13-16)30-10-5-11-32-23-19(24)14-18(15-20(23)25)31-12-9-22(26)27/h4,6-7,9,13-15,29H,2-3,5,8,10-12H2,1H3. The first-order chi connectivity index (χ1) is 15.4. The zero-order valence-corrected chi connectivity index (χ0v) is 20.6. The molecule has 0 atom stereocenters. The molecule has 0 aliphatic heterocycles. The number of unbranched alkanes of at least 4 members (excludes halogenated alkanes) is 1. The highest BCUT2D eigenvalue weighted by atomic mass is 35.5. The van der Waals surface area contributed by atoms with Crippen LogP contribution in [0.4, 0.5) is 0 Å². The number of halogens is 4. The molecule has 0 radical (unpaired) electrons. The SMILES string of the molecule is CCCCC(=NO)c1cccc(OCCCOc2c(Cl)cc(OCC=C(Cl)Cl)cc2Cl)c1. The number of ether oxygens (including phenoxy) is 3. The summed E-state index contributed by atoms with van der Waals surface area (Å²) >= 11 is 23.6. The molecule has 9 heteroatoms. The van der Waals surface area contributed by atoms with Gasteiger partial charge in [-0.05, 0) is 31.1 Å². The van der Waals surface area contributed by atoms with Gasteiger partial charge in [0, 0.05) is 24.1 Å². The van der Waals surface area contributed by atoms with Gasteiger partial charge in [0.15, 0.2) is 5.75 Å². The van der Waals surface area contributed by atoms with E-state index in [1.165, 1.54) is 6.08 Å². The fourth-order valence-electron chi connectivity index (χ4n) is 2.74. The summed E-state index contributed by atoms with van der Waals surface area (Å²) in [4.78, 5) is 0. The Bertz CT molecular complexity index is 907. The molecule has 0 aliphatic rings. The zero-order chi connectivity index (χ0) is 23.3. The van der Waals surface area contributed by atoms with Gasteiger partial charge < -0.3 is 19.4 Å². The lowest BCUT2D eigenvalue weighted by molar-refractivity contribution is 0.247. The summed E-state index contributed by atoms with van der Waals surface area (Å²) in [6, 6.07) is 10.7. The molecule has 0 spiro atoms. The molecule has 5 nitrogen and oxygen atoms in total. The van der Waals surface area contributed by atoms with Gasteiger partial charge in [-0.15, -0.1) is 0 Å². The molecule has 0 bridgehead atoms. The number of rotatable bonds is 13. The molecular formula is C23H25Cl4NO4. The first kappa shape index (κ1) is 26.5. The summed E-state index contributed by atoms with van der Waals surface area (Å²) in [6.07, 6.45) is 4.82. The van der Waals surface area contributed by atoms with Gasteiger partial charge in [-0.2, -0.15) is 0 Å². The Labute approximate surface area is 208 Å². The van der Waals surface area contributed by atoms with Crippen LogP contribution in [0, 0.1) is 0 Å². The summed E-state index contributed by atoms with van der Waals surface area (Å²) in [5.74, 6) is 1.56. The van der Waals surface area contributed by atoms with Gasteiger partial charge in [0.2, 0.25) is 0 Å². The first-order valence-electron chi connectivity index (χ1n) is 10.1. The average Bonchev–Trinajstić information content (AvgIpc) is 2.76. The van der Waals surface area contributed by atoms with Crippen molar-refractivity contribution in [1.82, 2.24) is 0 Å². The zero-order valence-electron chi connectivity index (χ0n) is 17.6. The van der Waals surface area contributed by atoms with Crippen molar-refractivity contribution in [3.05, 3.63) is 62.6 Å². The molecule has 174 valence electrons. The van der Waals surface area contributed by atoms with Gasteiger partial charge in [0.25, 0.3) is 0 Å². The van der Waals surface area contributed by atoms with Crippen LogP contribution in [0.2, 0.25) is 10.0 Å². The second-order valence-electron chi connectivity index (χ2n) is 6.75. The Balaban J connectivity index is 1.83. The molecule has 2 aromatic rings. The molecule has 0 aromatic heterocycles. The first-order valence-corrected chi connectivity index (χ1v) is 11.7. The van der Waals surface area contributed by atoms with Crippen molar-refractivity contribution in [2.75, 3.05) is 19.8 Å². The Morgan fingerprint density at radius 3 is 2.34 bits per heavy atom. The fraction of sp³-hybridized carbons (Fsp3) is 0.348. The summed E-state index contributed by atoms with van der Waals surface area (Å²) < 4.78 is 17.1. The number of nitrogens with zero attached hydrogens (tertiary/aromatic N) is 1. The molecule has 2 rings (SSSR count). The molecule has 0 saturated heterocycles. The van der Waals surface area contributed by atoms with Crippen LogP contribution in [0.25, 0.3) is 0 Å². The van der Waals surface area contributed by atoms with E-state index in [9.17, 15) is 5.21 Å². The third-order valence-electron chi connectivity index (χ3n) is 4.32. The quantitative estimate of drug-likeness (QED) is 0.126. The van der Waals surface area contributed by atoms with E-state index in [2.05, 4.69) is 12.1 Å². The van der Waals surface area contributed by atoms with Crippen molar-refractivity contribution in [3.63, 3.8) is 0 Å². The van der Waals surface area contributed by atoms with Crippen LogP contribution in [-0.2, 0) is 0 Å². The van der Waals surface area contributed by atoms with E-state index < -0.39 is 0 Å². The van der Waals surface area contributed by atoms with Crippen LogP contribution in [0.1, 0.15) is 38.2 Å². The normalized spacial score (nSPS) is 11.2. The smallest absolute Gasteiger partial charge is 0.156 e. The Kier molecular flexibility index (Phi) is 11.9. The second kappa shape index (κ2) is 14.4. The predicted octanol–water partition coefficient (Wildman–Crippen LogP) is 7.91. The summed E-state index contributed by atoms with van der Waals surface area (Å²) in [5.41, 5.74) is 1.50. The van der Waals surface area contributed by atoms with Gasteiger partial charge in [0.1, 0.15) is 22.6 Å². The lowest BCUT2D eigenvalue weighted by Crippen LogP contribution is -2.06. The third kappa shape index (κ3) is 8.99. The Morgan fingerprint density at radius 2 is 1.69 bits per heavy atom. The van der Waals surface area contributed by atoms with E-state index >= 15 is 0 Å². The average molecular weight is 521 g/mol. The van der Waals surface area contributed by atoms with Crippen molar-refractivity contribution in [3.8, 4) is 17.2 Å². The predicted molar refractivity (Wildman–Crippen MR) is 132 cm³/mol. The minimum absolute atomic E-state index is 0.120. The number of oxime groups is 1. The third-order valence-corrected chi connectivity index (χ3v) is 5.19. The maximum atomic E-state index is 9.27. The molecule has 0 saturated carbocycles. The van der Waals surface area contributed by atoms with Gasteiger partial charge >= 0.3 is 0 Å². The Morgan fingerprint density at radius 1 is 0.969 bits per heavy atom. The van der Waals surface area contributed by atoms with Crippen molar-refractivity contribution in [1.29, 1.82) is 0 Å². The summed E-state index contributed by atoms with van der Waals surface area (Å²) in [7, 11) is 0. The number of hydrogen-bond acceptors (Lipinski definition) is 5. The molecule has 0 aliphatic carbocycles. The molecule has 0 amide bonds. The van der Waals surface area contributed by atoms with Crippen molar-refractivity contribution >= 4 is 52.1 Å². The molecule has 1 N–H and O–H groups in total. The monoisotopic (exact) mass is 519 g/mol. The fourth-order valence-corrected chi connectivity index (χ4v) is 3.45. The lowest BCUT2D eigenvalue weighted by atomic mass is 10.0. The molecule has 0 unspecified atom stereocenters. The van der Waals surface area contributed by atoms with Crippen molar-refractivity contribution < 1.29 is 19.4 Å². The van der Waals surface area contributed by atoms with Gasteiger partial charge in [0.05, 0.1) is 29.0 Å². The van der Waals surface area contributed by atoms with Crippen LogP contribution in [0.15, 0.2) is 52.1 Å². The molecule has 2 aromatic carbocycles. The van der Waals surface area contributed by atoms with Crippen LogP contribution in [0.3, 0.4) is 0 Å². The summed E-state index contributed by atoms with van der Waals surface area (Å²) in [5, 5.41) is 13.4. The minimum atomic E-state index is 0.120. The molecule has 0 fully saturated rings. The highest BCUT2D eigenvalue weighted by molar-refractivity contribution is 6.55. The van der Waals surface area contributed by atoms with Crippen LogP contribution < -0.4 is 14.2 Å². The molecule has 32 heavy (non-hydrogen) atoms. The van der Waals surface area contributed by atoms with Gasteiger partial charge in [-0.1, -0.05) is 77.0 Å². The largest absolute Gasteiger partial charge is 0.493 e. The molecular weight excluding hydrogens is 496 g/mol. The van der Waals surface area contributed by atoms with Crippen LogP contribution >= 0.6 is 46.4 Å². The van der Waals surface area contributed by atoms with Crippen LogP contribution in [0.5, 0.6) is 17.2 Å². The highest BCUT2D eigenvalue weighted by Crippen LogP contribution is 2.37. The minimum Gasteiger partial charge on any atom is -0.493 e. The van der Waals surface area contributed by atoms with Gasteiger partial charge in [-0.25, -0.2) is 0 Å². The van der Waals surface area contributed by atoms with E-state index in [0.29, 0.717) is 59.1 Å². The van der Waals surface area contributed by atoms with E-state index in [0.717, 1.165) is 18.4 Å². The maximum absolute atomic E-state index is 9.27. The second-order valence-corrected chi connectivity index (χ2v) is 8.57. The molecule has 0 heterocycles. The number of hydrogen-bond donors (Lipinski definition) is 1. The van der Waals surface area contributed by atoms with E-state index in [4.69, 9.17) is 60.6 Å². The lowest BCUT2D eigenvalue weighted by Gasteiger charge is -2.13. The van der Waals surface area contributed by atoms with E-state index in [-0.39, 0.29) is 11.1 Å². The van der Waals surface area contributed by atoms with Crippen molar-refractivity contribution in [2.24, 2.45) is 5.16 Å². The van der Waals surface area contributed by atoms with Gasteiger partial charge in [-0.3, -0.25) is 0 Å². The Hall–Kier alpha value is -1.79. The van der Waals surface area contributed by atoms with Crippen LogP contribution in [-0.4, -0.2) is 30.7 Å². The highest BCUT2D eigenvalue weighted by Gasteiger charge is 2.11. The summed E-state index contributed by atoms with van der Waals surface area (Å²) in [6.45, 7) is 3.09. The number of benzene rings is 2. The maximum Gasteiger partial charge on any atom is 0.156 e. The van der Waals surface area contributed by atoms with E-state index in [1.54, 1.807) is 12.1 Å². The van der Waals surface area contributed by atoms with E-state index in [1.807, 2.05) is 24.3 Å².